The van der Waals surface area contributed by atoms with Gasteiger partial charge in [-0.3, -0.25) is 0 Å². The smallest absolute Gasteiger partial charge is 0.187 e. The molecule has 4 nitrogen and oxygen atoms in total. The summed E-state index contributed by atoms with van der Waals surface area (Å²) in [5.41, 5.74) is 0.480. The molecule has 122 valence electrons. The molecule has 1 saturated heterocycles. The van der Waals surface area contributed by atoms with Gasteiger partial charge in [-0.1, -0.05) is 13.8 Å². The Morgan fingerprint density at radius 1 is 1.32 bits per heavy atom. The van der Waals surface area contributed by atoms with Crippen molar-refractivity contribution in [3.05, 3.63) is 17.8 Å². The maximum atomic E-state index is 14.6. The first-order valence-corrected chi connectivity index (χ1v) is 8.55. The molecule has 3 rings (SSSR count). The minimum absolute atomic E-state index is 0.201. The molecule has 0 aromatic carbocycles. The van der Waals surface area contributed by atoms with Crippen molar-refractivity contribution in [2.24, 2.45) is 11.8 Å². The molecular weight excluding hydrogens is 281 g/mol. The molecule has 0 radical (unpaired) electrons. The SMILES string of the molecule is CCc1ncnc(N2CCC[C@@H]2[C@@H]2C[C@@H](C)CC[C@@H]2O)c1F. The van der Waals surface area contributed by atoms with Gasteiger partial charge in [-0.2, -0.15) is 0 Å². The summed E-state index contributed by atoms with van der Waals surface area (Å²) in [6, 6.07) is 0.201. The third-order valence-corrected chi connectivity index (χ3v) is 5.37. The number of nitrogens with zero attached hydrogens (tertiary/aromatic N) is 3. The lowest BCUT2D eigenvalue weighted by Gasteiger charge is -2.39. The van der Waals surface area contributed by atoms with Crippen molar-refractivity contribution in [3.63, 3.8) is 0 Å². The van der Waals surface area contributed by atoms with Crippen LogP contribution in [0, 0.1) is 17.7 Å². The molecule has 0 amide bonds. The number of aliphatic hydroxyl groups excluding tert-OH is 1. The van der Waals surface area contributed by atoms with E-state index in [1.54, 1.807) is 0 Å². The van der Waals surface area contributed by atoms with Gasteiger partial charge in [0.05, 0.1) is 11.8 Å². The lowest BCUT2D eigenvalue weighted by atomic mass is 9.76. The minimum Gasteiger partial charge on any atom is -0.393 e. The lowest BCUT2D eigenvalue weighted by Crippen LogP contribution is -2.44. The van der Waals surface area contributed by atoms with Crippen molar-refractivity contribution >= 4 is 5.82 Å². The van der Waals surface area contributed by atoms with Crippen LogP contribution >= 0.6 is 0 Å². The van der Waals surface area contributed by atoms with E-state index in [1.807, 2.05) is 6.92 Å². The number of aromatic nitrogens is 2. The monoisotopic (exact) mass is 307 g/mol. The highest BCUT2D eigenvalue weighted by atomic mass is 19.1. The van der Waals surface area contributed by atoms with Crippen molar-refractivity contribution in [3.8, 4) is 0 Å². The van der Waals surface area contributed by atoms with E-state index in [1.165, 1.54) is 6.33 Å². The first-order valence-electron chi connectivity index (χ1n) is 8.55. The summed E-state index contributed by atoms with van der Waals surface area (Å²) in [4.78, 5) is 10.3. The molecule has 4 atom stereocenters. The first kappa shape index (κ1) is 15.7. The van der Waals surface area contributed by atoms with Crippen LogP contribution in [0.4, 0.5) is 10.2 Å². The average molecular weight is 307 g/mol. The van der Waals surface area contributed by atoms with E-state index >= 15 is 0 Å². The van der Waals surface area contributed by atoms with Gasteiger partial charge in [0.15, 0.2) is 11.6 Å². The highest BCUT2D eigenvalue weighted by molar-refractivity contribution is 5.44. The Morgan fingerprint density at radius 2 is 2.14 bits per heavy atom. The minimum atomic E-state index is -0.282. The quantitative estimate of drug-likeness (QED) is 0.933. The molecule has 1 saturated carbocycles. The van der Waals surface area contributed by atoms with Crippen molar-refractivity contribution in [2.75, 3.05) is 11.4 Å². The fourth-order valence-electron chi connectivity index (χ4n) is 4.17. The first-order chi connectivity index (χ1) is 10.6. The molecule has 0 unspecified atom stereocenters. The number of hydrogen-bond acceptors (Lipinski definition) is 4. The summed E-state index contributed by atoms with van der Waals surface area (Å²) in [5, 5.41) is 10.4. The van der Waals surface area contributed by atoms with E-state index in [2.05, 4.69) is 21.8 Å². The molecule has 2 fully saturated rings. The van der Waals surface area contributed by atoms with Crippen LogP contribution in [0.2, 0.25) is 0 Å². The molecule has 1 aliphatic carbocycles. The topological polar surface area (TPSA) is 49.2 Å². The van der Waals surface area contributed by atoms with Crippen LogP contribution in [0.15, 0.2) is 6.33 Å². The third-order valence-electron chi connectivity index (χ3n) is 5.37. The number of aliphatic hydroxyl groups is 1. The Kier molecular flexibility index (Phi) is 4.62. The maximum absolute atomic E-state index is 14.6. The highest BCUT2D eigenvalue weighted by Crippen LogP contribution is 2.39. The van der Waals surface area contributed by atoms with Gasteiger partial charge in [0.25, 0.3) is 0 Å². The van der Waals surface area contributed by atoms with Crippen LogP contribution in [0.3, 0.4) is 0 Å². The van der Waals surface area contributed by atoms with Gasteiger partial charge >= 0.3 is 0 Å². The van der Waals surface area contributed by atoms with Gasteiger partial charge in [0.2, 0.25) is 0 Å². The second-order valence-electron chi connectivity index (χ2n) is 6.86. The van der Waals surface area contributed by atoms with E-state index in [-0.39, 0.29) is 23.9 Å². The maximum Gasteiger partial charge on any atom is 0.187 e. The Labute approximate surface area is 131 Å². The van der Waals surface area contributed by atoms with E-state index in [9.17, 15) is 9.50 Å². The summed E-state index contributed by atoms with van der Waals surface area (Å²) in [6.07, 6.45) is 6.80. The summed E-state index contributed by atoms with van der Waals surface area (Å²) >= 11 is 0. The summed E-state index contributed by atoms with van der Waals surface area (Å²) in [5.74, 6) is 1.01. The van der Waals surface area contributed by atoms with Gasteiger partial charge in [-0.15, -0.1) is 0 Å². The van der Waals surface area contributed by atoms with E-state index in [0.29, 0.717) is 23.9 Å². The van der Waals surface area contributed by atoms with Crippen LogP contribution in [-0.2, 0) is 6.42 Å². The lowest BCUT2D eigenvalue weighted by molar-refractivity contribution is 0.0389. The fourth-order valence-corrected chi connectivity index (χ4v) is 4.17. The van der Waals surface area contributed by atoms with Crippen LogP contribution in [0.25, 0.3) is 0 Å². The van der Waals surface area contributed by atoms with E-state index < -0.39 is 0 Å². The molecule has 2 aliphatic rings. The molecule has 1 aliphatic heterocycles. The van der Waals surface area contributed by atoms with Crippen molar-refractivity contribution in [1.29, 1.82) is 0 Å². The zero-order valence-electron chi connectivity index (χ0n) is 13.5. The summed E-state index contributed by atoms with van der Waals surface area (Å²) < 4.78 is 14.6. The fraction of sp³-hybridized carbons (Fsp3) is 0.765. The van der Waals surface area contributed by atoms with Crippen LogP contribution < -0.4 is 4.90 Å². The van der Waals surface area contributed by atoms with Crippen molar-refractivity contribution in [2.45, 2.75) is 64.5 Å². The Morgan fingerprint density at radius 3 is 2.91 bits per heavy atom. The second kappa shape index (κ2) is 6.49. The van der Waals surface area contributed by atoms with Gasteiger partial charge in [0.1, 0.15) is 6.33 Å². The number of anilines is 1. The normalized spacial score (nSPS) is 32.5. The molecule has 0 bridgehead atoms. The summed E-state index contributed by atoms with van der Waals surface area (Å²) in [7, 11) is 0. The molecular formula is C17H26FN3O. The van der Waals surface area contributed by atoms with Crippen LogP contribution in [0.5, 0.6) is 0 Å². The van der Waals surface area contributed by atoms with Crippen LogP contribution in [-0.4, -0.2) is 33.8 Å². The predicted octanol–water partition coefficient (Wildman–Crippen LogP) is 2.94. The van der Waals surface area contributed by atoms with Gasteiger partial charge in [0, 0.05) is 18.5 Å². The molecule has 2 heterocycles. The van der Waals surface area contributed by atoms with Gasteiger partial charge in [-0.05, 0) is 44.4 Å². The second-order valence-corrected chi connectivity index (χ2v) is 6.86. The Hall–Kier alpha value is -1.23. The standard InChI is InChI=1S/C17H26FN3O/c1-3-13-16(18)17(20-10-19-13)21-8-4-5-14(21)12-9-11(2)6-7-15(12)22/h10-12,14-15,22H,3-9H2,1-2H3/t11-,12-,14+,15-/m0/s1. The Balaban J connectivity index is 1.87. The zero-order chi connectivity index (χ0) is 15.7. The largest absolute Gasteiger partial charge is 0.393 e. The van der Waals surface area contributed by atoms with Crippen molar-refractivity contribution < 1.29 is 9.50 Å². The summed E-state index contributed by atoms with van der Waals surface area (Å²) in [6.45, 7) is 4.97. The van der Waals surface area contributed by atoms with Gasteiger partial charge in [-0.25, -0.2) is 14.4 Å². The number of hydrogen-bond donors (Lipinski definition) is 1. The Bertz CT molecular complexity index is 525. The highest BCUT2D eigenvalue weighted by Gasteiger charge is 2.40. The molecule has 1 aromatic heterocycles. The van der Waals surface area contributed by atoms with Crippen molar-refractivity contribution in [1.82, 2.24) is 9.97 Å². The molecule has 22 heavy (non-hydrogen) atoms. The van der Waals surface area contributed by atoms with E-state index in [0.717, 1.165) is 38.6 Å². The van der Waals surface area contributed by atoms with Crippen LogP contribution in [0.1, 0.15) is 51.6 Å². The number of halogens is 1. The number of rotatable bonds is 3. The number of aryl methyl sites for hydroxylation is 1. The molecule has 1 aromatic rings. The molecule has 5 heteroatoms. The molecule has 0 spiro atoms. The molecule has 1 N–H and O–H groups in total. The third kappa shape index (κ3) is 2.83. The zero-order valence-corrected chi connectivity index (χ0v) is 13.5. The van der Waals surface area contributed by atoms with Gasteiger partial charge < -0.3 is 10.0 Å². The van der Waals surface area contributed by atoms with E-state index in [4.69, 9.17) is 0 Å². The average Bonchev–Trinajstić information content (AvgIpc) is 2.99. The predicted molar refractivity (Wildman–Crippen MR) is 84.2 cm³/mol.